The summed E-state index contributed by atoms with van der Waals surface area (Å²) in [5.41, 5.74) is 1.03. The van der Waals surface area contributed by atoms with Crippen molar-refractivity contribution in [3.05, 3.63) is 63.1 Å². The van der Waals surface area contributed by atoms with Crippen LogP contribution in [-0.4, -0.2) is 12.4 Å². The molecule has 0 aromatic heterocycles. The zero-order chi connectivity index (χ0) is 14.5. The lowest BCUT2D eigenvalue weighted by Gasteiger charge is -2.07. The van der Waals surface area contributed by atoms with Crippen LogP contribution >= 0.6 is 27.5 Å². The Bertz CT molecular complexity index is 677. The van der Waals surface area contributed by atoms with Crippen LogP contribution in [0.5, 0.6) is 5.75 Å². The van der Waals surface area contributed by atoms with Crippen molar-refractivity contribution in [1.82, 2.24) is 0 Å². The topological polar surface area (TPSA) is 50.1 Å². The molecule has 2 rings (SSSR count). The van der Waals surface area contributed by atoms with E-state index in [9.17, 15) is 4.79 Å². The molecule has 2 aromatic rings. The van der Waals surface area contributed by atoms with Gasteiger partial charge < -0.3 is 4.74 Å². The maximum absolute atomic E-state index is 11.9. The van der Waals surface area contributed by atoms with Gasteiger partial charge in [0.2, 0.25) is 0 Å². The molecule has 0 bridgehead atoms. The number of benzene rings is 2. The van der Waals surface area contributed by atoms with Crippen molar-refractivity contribution in [1.29, 1.82) is 5.26 Å². The monoisotopic (exact) mass is 349 g/mol. The molecule has 3 nitrogen and oxygen atoms in total. The molecule has 0 unspecified atom stereocenters. The van der Waals surface area contributed by atoms with Gasteiger partial charge in [0, 0.05) is 10.6 Å². The number of nitriles is 1. The summed E-state index contributed by atoms with van der Waals surface area (Å²) in [5.74, 6) is 0.396. The number of halogens is 2. The predicted octanol–water partition coefficient (Wildman–Crippen LogP) is 4.24. The Morgan fingerprint density at radius 2 is 1.95 bits per heavy atom. The van der Waals surface area contributed by atoms with Gasteiger partial charge in [-0.1, -0.05) is 11.6 Å². The summed E-state index contributed by atoms with van der Waals surface area (Å²) >= 11 is 9.14. The molecule has 0 fully saturated rings. The molecule has 0 heterocycles. The molecule has 0 aliphatic carbocycles. The van der Waals surface area contributed by atoms with Gasteiger partial charge in [0.05, 0.1) is 16.1 Å². The van der Waals surface area contributed by atoms with Gasteiger partial charge >= 0.3 is 0 Å². The van der Waals surface area contributed by atoms with Crippen molar-refractivity contribution in [2.24, 2.45) is 0 Å². The number of ketones is 1. The Morgan fingerprint density at radius 1 is 1.25 bits per heavy atom. The lowest BCUT2D eigenvalue weighted by atomic mass is 10.1. The minimum atomic E-state index is -0.156. The van der Waals surface area contributed by atoms with Gasteiger partial charge in [-0.05, 0) is 58.4 Å². The number of hydrogen-bond acceptors (Lipinski definition) is 3. The van der Waals surface area contributed by atoms with Crippen molar-refractivity contribution in [2.45, 2.75) is 0 Å². The number of rotatable bonds is 4. The summed E-state index contributed by atoms with van der Waals surface area (Å²) in [5, 5.41) is 9.28. The molecule has 100 valence electrons. The minimum absolute atomic E-state index is 0.0772. The first-order chi connectivity index (χ1) is 9.60. The number of hydrogen-bond donors (Lipinski definition) is 0. The molecule has 0 amide bonds. The molecule has 0 saturated carbocycles. The zero-order valence-corrected chi connectivity index (χ0v) is 12.6. The first-order valence-corrected chi connectivity index (χ1v) is 6.88. The van der Waals surface area contributed by atoms with Crippen LogP contribution in [0.2, 0.25) is 5.02 Å². The smallest absolute Gasteiger partial charge is 0.200 e. The minimum Gasteiger partial charge on any atom is -0.484 e. The highest BCUT2D eigenvalue weighted by Crippen LogP contribution is 2.28. The molecule has 0 spiro atoms. The fraction of sp³-hybridized carbons (Fsp3) is 0.0667. The maximum Gasteiger partial charge on any atom is 0.200 e. The largest absolute Gasteiger partial charge is 0.484 e. The Morgan fingerprint density at radius 3 is 2.55 bits per heavy atom. The van der Waals surface area contributed by atoms with E-state index in [4.69, 9.17) is 21.6 Å². The third-order valence-corrected chi connectivity index (χ3v) is 3.44. The fourth-order valence-electron chi connectivity index (χ4n) is 1.55. The van der Waals surface area contributed by atoms with Gasteiger partial charge in [0.25, 0.3) is 0 Å². The Balaban J connectivity index is 2.03. The second kappa shape index (κ2) is 6.56. The molecule has 0 aliphatic heterocycles. The summed E-state index contributed by atoms with van der Waals surface area (Å²) in [7, 11) is 0. The highest BCUT2D eigenvalue weighted by molar-refractivity contribution is 9.10. The summed E-state index contributed by atoms with van der Waals surface area (Å²) in [6.45, 7) is -0.0772. The van der Waals surface area contributed by atoms with Crippen LogP contribution < -0.4 is 4.74 Å². The molecular weight excluding hydrogens is 342 g/mol. The van der Waals surface area contributed by atoms with E-state index in [2.05, 4.69) is 15.9 Å². The average molecular weight is 351 g/mol. The normalized spacial score (nSPS) is 9.85. The Hall–Kier alpha value is -1.83. The van der Waals surface area contributed by atoms with Gasteiger partial charge in [-0.2, -0.15) is 5.26 Å². The van der Waals surface area contributed by atoms with E-state index < -0.39 is 0 Å². The van der Waals surface area contributed by atoms with Gasteiger partial charge in [-0.15, -0.1) is 0 Å². The second-order valence-corrected chi connectivity index (χ2v) is 5.27. The van der Waals surface area contributed by atoms with E-state index in [1.165, 1.54) is 0 Å². The summed E-state index contributed by atoms with van der Waals surface area (Å²) in [6, 6.07) is 13.5. The number of nitrogens with zero attached hydrogens (tertiary/aromatic N) is 1. The van der Waals surface area contributed by atoms with Crippen molar-refractivity contribution >= 4 is 33.3 Å². The van der Waals surface area contributed by atoms with E-state index in [0.29, 0.717) is 26.4 Å². The van der Waals surface area contributed by atoms with Crippen LogP contribution in [0.3, 0.4) is 0 Å². The highest BCUT2D eigenvalue weighted by Gasteiger charge is 2.08. The summed E-state index contributed by atoms with van der Waals surface area (Å²) < 4.78 is 6.14. The van der Waals surface area contributed by atoms with Crippen molar-refractivity contribution in [3.8, 4) is 11.8 Å². The molecule has 0 N–H and O–H groups in total. The molecule has 0 radical (unpaired) electrons. The Kier molecular flexibility index (Phi) is 4.78. The van der Waals surface area contributed by atoms with Crippen LogP contribution in [0.25, 0.3) is 0 Å². The van der Waals surface area contributed by atoms with Crippen LogP contribution in [0.4, 0.5) is 0 Å². The van der Waals surface area contributed by atoms with E-state index in [1.54, 1.807) is 42.5 Å². The maximum atomic E-state index is 11.9. The molecule has 5 heteroatoms. The molecule has 0 atom stereocenters. The van der Waals surface area contributed by atoms with E-state index in [1.807, 2.05) is 6.07 Å². The number of carbonyl (C=O) groups is 1. The standard InChI is InChI=1S/C15H9BrClNO2/c16-13-7-12(17)5-6-15(13)20-9-14(19)11-3-1-10(8-18)2-4-11/h1-7H,9H2. The molecule has 2 aromatic carbocycles. The van der Waals surface area contributed by atoms with Crippen LogP contribution in [0.1, 0.15) is 15.9 Å². The van der Waals surface area contributed by atoms with Gasteiger partial charge in [0.15, 0.2) is 12.4 Å². The molecule has 0 aliphatic rings. The fourth-order valence-corrected chi connectivity index (χ4v) is 2.35. The third-order valence-electron chi connectivity index (χ3n) is 2.59. The SMILES string of the molecule is N#Cc1ccc(C(=O)COc2ccc(Cl)cc2Br)cc1. The predicted molar refractivity (Wildman–Crippen MR) is 80.1 cm³/mol. The lowest BCUT2D eigenvalue weighted by Crippen LogP contribution is -2.11. The van der Waals surface area contributed by atoms with Gasteiger partial charge in [-0.25, -0.2) is 0 Å². The van der Waals surface area contributed by atoms with E-state index in [-0.39, 0.29) is 12.4 Å². The highest BCUT2D eigenvalue weighted by atomic mass is 79.9. The molecule has 0 saturated heterocycles. The second-order valence-electron chi connectivity index (χ2n) is 3.98. The first kappa shape index (κ1) is 14.6. The van der Waals surface area contributed by atoms with E-state index in [0.717, 1.165) is 0 Å². The van der Waals surface area contributed by atoms with E-state index >= 15 is 0 Å². The van der Waals surface area contributed by atoms with Gasteiger partial charge in [0.1, 0.15) is 5.75 Å². The zero-order valence-electron chi connectivity index (χ0n) is 10.3. The number of carbonyl (C=O) groups excluding carboxylic acids is 1. The number of ether oxygens (including phenoxy) is 1. The summed E-state index contributed by atoms with van der Waals surface area (Å²) in [4.78, 5) is 11.9. The van der Waals surface area contributed by atoms with Crippen molar-refractivity contribution < 1.29 is 9.53 Å². The molecular formula is C15H9BrClNO2. The first-order valence-electron chi connectivity index (χ1n) is 5.71. The Labute approximate surface area is 129 Å². The lowest BCUT2D eigenvalue weighted by molar-refractivity contribution is 0.0921. The van der Waals surface area contributed by atoms with Crippen molar-refractivity contribution in [3.63, 3.8) is 0 Å². The quantitative estimate of drug-likeness (QED) is 0.775. The average Bonchev–Trinajstić information content (AvgIpc) is 2.46. The van der Waals surface area contributed by atoms with Crippen molar-refractivity contribution in [2.75, 3.05) is 6.61 Å². The third kappa shape index (κ3) is 3.60. The summed E-state index contributed by atoms with van der Waals surface area (Å²) in [6.07, 6.45) is 0. The van der Waals surface area contributed by atoms with Gasteiger partial charge in [-0.3, -0.25) is 4.79 Å². The van der Waals surface area contributed by atoms with Crippen LogP contribution in [-0.2, 0) is 0 Å². The number of Topliss-reactive ketones (excluding diaryl/α,β-unsaturated/α-hetero) is 1. The molecule has 20 heavy (non-hydrogen) atoms. The van der Waals surface area contributed by atoms with Crippen LogP contribution in [0.15, 0.2) is 46.9 Å². The van der Waals surface area contributed by atoms with Crippen LogP contribution in [0, 0.1) is 11.3 Å².